The van der Waals surface area contributed by atoms with Crippen LogP contribution in [0.4, 0.5) is 0 Å². The quantitative estimate of drug-likeness (QED) is 0.666. The van der Waals surface area contributed by atoms with Gasteiger partial charge in [-0.25, -0.2) is 0 Å². The molecule has 0 saturated carbocycles. The molecule has 4 heteroatoms. The third-order valence-corrected chi connectivity index (χ3v) is 4.06. The van der Waals surface area contributed by atoms with E-state index in [1.807, 2.05) is 20.8 Å². The van der Waals surface area contributed by atoms with Gasteiger partial charge in [-0.05, 0) is 53.5 Å². The lowest BCUT2D eigenvalue weighted by Gasteiger charge is -2.43. The van der Waals surface area contributed by atoms with Crippen LogP contribution in [0.25, 0.3) is 0 Å². The van der Waals surface area contributed by atoms with Gasteiger partial charge in [0.05, 0.1) is 6.04 Å². The molecule has 0 radical (unpaired) electrons. The summed E-state index contributed by atoms with van der Waals surface area (Å²) in [6, 6.07) is 0.279. The van der Waals surface area contributed by atoms with E-state index >= 15 is 0 Å². The number of hydrogen-bond donors (Lipinski definition) is 0. The summed E-state index contributed by atoms with van der Waals surface area (Å²) >= 11 is 0. The summed E-state index contributed by atoms with van der Waals surface area (Å²) in [5.74, 6) is 0.236. The molecule has 2 saturated heterocycles. The summed E-state index contributed by atoms with van der Waals surface area (Å²) in [6.07, 6.45) is 1.50. The second-order valence-corrected chi connectivity index (χ2v) is 6.77. The van der Waals surface area contributed by atoms with E-state index in [9.17, 15) is 9.59 Å². The third kappa shape index (κ3) is 2.07. The second-order valence-electron chi connectivity index (χ2n) is 6.77. The first-order valence-corrected chi connectivity index (χ1v) is 6.86. The monoisotopic (exact) mass is 252 g/mol. The molecule has 2 atom stereocenters. The zero-order chi connectivity index (χ0) is 13.7. The van der Waals surface area contributed by atoms with Crippen molar-refractivity contribution < 1.29 is 9.59 Å². The van der Waals surface area contributed by atoms with Gasteiger partial charge < -0.3 is 0 Å². The van der Waals surface area contributed by atoms with Crippen LogP contribution in [0.3, 0.4) is 0 Å². The summed E-state index contributed by atoms with van der Waals surface area (Å²) in [5, 5.41) is 0. The molecule has 0 aromatic carbocycles. The normalized spacial score (nSPS) is 30.2. The van der Waals surface area contributed by atoms with Crippen molar-refractivity contribution in [3.8, 4) is 0 Å². The van der Waals surface area contributed by atoms with Crippen LogP contribution in [0.2, 0.25) is 0 Å². The molecule has 2 amide bonds. The Morgan fingerprint density at radius 1 is 1.22 bits per heavy atom. The van der Waals surface area contributed by atoms with Gasteiger partial charge in [-0.3, -0.25) is 19.4 Å². The van der Waals surface area contributed by atoms with Gasteiger partial charge in [0.15, 0.2) is 0 Å². The second kappa shape index (κ2) is 4.34. The molecule has 0 spiro atoms. The van der Waals surface area contributed by atoms with Gasteiger partial charge in [0.1, 0.15) is 0 Å². The van der Waals surface area contributed by atoms with Crippen LogP contribution >= 0.6 is 0 Å². The maximum atomic E-state index is 12.6. The summed E-state index contributed by atoms with van der Waals surface area (Å²) < 4.78 is 0. The molecule has 2 rings (SSSR count). The van der Waals surface area contributed by atoms with E-state index in [1.54, 1.807) is 0 Å². The number of rotatable bonds is 1. The van der Waals surface area contributed by atoms with Gasteiger partial charge in [-0.1, -0.05) is 0 Å². The van der Waals surface area contributed by atoms with Crippen molar-refractivity contribution in [1.29, 1.82) is 0 Å². The van der Waals surface area contributed by atoms with E-state index in [0.29, 0.717) is 12.5 Å². The molecule has 2 aliphatic heterocycles. The molecule has 0 aromatic heterocycles. The van der Waals surface area contributed by atoms with Gasteiger partial charge in [0.25, 0.3) is 0 Å². The Hall–Kier alpha value is -0.900. The molecule has 4 nitrogen and oxygen atoms in total. The summed E-state index contributed by atoms with van der Waals surface area (Å²) in [5.41, 5.74) is -0.412. The molecule has 0 aromatic rings. The molecule has 2 unspecified atom stereocenters. The molecule has 0 N–H and O–H groups in total. The molecular weight excluding hydrogens is 228 g/mol. The van der Waals surface area contributed by atoms with E-state index in [4.69, 9.17) is 0 Å². The number of carbonyl (C=O) groups is 2. The fourth-order valence-corrected chi connectivity index (χ4v) is 3.29. The summed E-state index contributed by atoms with van der Waals surface area (Å²) in [4.78, 5) is 28.5. The number of hydrogen-bond acceptors (Lipinski definition) is 3. The van der Waals surface area contributed by atoms with E-state index in [2.05, 4.69) is 18.7 Å². The van der Waals surface area contributed by atoms with Crippen molar-refractivity contribution in [1.82, 2.24) is 9.80 Å². The maximum Gasteiger partial charge on any atom is 0.247 e. The largest absolute Gasteiger partial charge is 0.289 e. The first kappa shape index (κ1) is 13.5. The molecule has 2 fully saturated rings. The van der Waals surface area contributed by atoms with Gasteiger partial charge in [0, 0.05) is 18.0 Å². The van der Waals surface area contributed by atoms with Gasteiger partial charge in [-0.15, -0.1) is 0 Å². The predicted molar refractivity (Wildman–Crippen MR) is 70.0 cm³/mol. The smallest absolute Gasteiger partial charge is 0.247 e. The average Bonchev–Trinajstić information content (AvgIpc) is 2.58. The number of nitrogens with zero attached hydrogens (tertiary/aromatic N) is 2. The topological polar surface area (TPSA) is 40.6 Å². The Bertz CT molecular complexity index is 370. The highest BCUT2D eigenvalue weighted by Crippen LogP contribution is 2.36. The van der Waals surface area contributed by atoms with Gasteiger partial charge in [-0.2, -0.15) is 0 Å². The van der Waals surface area contributed by atoms with E-state index in [0.717, 1.165) is 13.0 Å². The van der Waals surface area contributed by atoms with Crippen molar-refractivity contribution in [3.05, 3.63) is 0 Å². The van der Waals surface area contributed by atoms with E-state index in [1.165, 1.54) is 4.90 Å². The van der Waals surface area contributed by atoms with Crippen LogP contribution in [0.5, 0.6) is 0 Å². The van der Waals surface area contributed by atoms with Crippen molar-refractivity contribution >= 4 is 11.8 Å². The predicted octanol–water partition coefficient (Wildman–Crippen LogP) is 1.64. The number of amides is 2. The Morgan fingerprint density at radius 2 is 1.83 bits per heavy atom. The van der Waals surface area contributed by atoms with Gasteiger partial charge >= 0.3 is 0 Å². The highest BCUT2D eigenvalue weighted by atomic mass is 16.2. The number of imide groups is 1. The number of fused-ring (bicyclic) bond motifs is 1. The molecule has 0 aliphatic carbocycles. The molecular formula is C14H24N2O2. The molecule has 2 aliphatic rings. The minimum absolute atomic E-state index is 0.000596. The zero-order valence-electron chi connectivity index (χ0n) is 12.1. The first-order valence-electron chi connectivity index (χ1n) is 6.86. The Morgan fingerprint density at radius 3 is 2.33 bits per heavy atom. The van der Waals surface area contributed by atoms with E-state index < -0.39 is 5.54 Å². The minimum atomic E-state index is -0.412. The van der Waals surface area contributed by atoms with Crippen molar-refractivity contribution in [2.75, 3.05) is 6.54 Å². The SMILES string of the molecule is CC(C)N1CCC2CC(=O)N(C(C)(C)C)C(=O)C21. The highest BCUT2D eigenvalue weighted by Gasteiger charge is 2.50. The van der Waals surface area contributed by atoms with Crippen molar-refractivity contribution in [2.45, 2.75) is 65.1 Å². The Balaban J connectivity index is 2.30. The van der Waals surface area contributed by atoms with Crippen LogP contribution in [0.15, 0.2) is 0 Å². The van der Waals surface area contributed by atoms with Gasteiger partial charge in [0.2, 0.25) is 11.8 Å². The first-order chi connectivity index (χ1) is 8.23. The number of likely N-dealkylation sites (tertiary alicyclic amines) is 2. The minimum Gasteiger partial charge on any atom is -0.289 e. The molecule has 0 bridgehead atoms. The maximum absolute atomic E-state index is 12.6. The lowest BCUT2D eigenvalue weighted by atomic mass is 9.88. The summed E-state index contributed by atoms with van der Waals surface area (Å²) in [6.45, 7) is 11.0. The van der Waals surface area contributed by atoms with Crippen LogP contribution in [0, 0.1) is 5.92 Å². The van der Waals surface area contributed by atoms with Crippen LogP contribution < -0.4 is 0 Å². The molecule has 2 heterocycles. The average molecular weight is 252 g/mol. The third-order valence-electron chi connectivity index (χ3n) is 4.06. The number of piperidine rings is 1. The Kier molecular flexibility index (Phi) is 3.26. The van der Waals surface area contributed by atoms with Crippen LogP contribution in [-0.4, -0.2) is 45.8 Å². The lowest BCUT2D eigenvalue weighted by Crippen LogP contribution is -2.61. The fourth-order valence-electron chi connectivity index (χ4n) is 3.29. The zero-order valence-corrected chi connectivity index (χ0v) is 12.1. The standard InChI is InChI=1S/C14H24N2O2/c1-9(2)15-7-6-10-8-11(17)16(14(3,4)5)13(18)12(10)15/h9-10,12H,6-8H2,1-5H3. The fraction of sp³-hybridized carbons (Fsp3) is 0.857. The van der Waals surface area contributed by atoms with E-state index in [-0.39, 0.29) is 23.8 Å². The van der Waals surface area contributed by atoms with Crippen LogP contribution in [0.1, 0.15) is 47.5 Å². The van der Waals surface area contributed by atoms with Crippen molar-refractivity contribution in [2.24, 2.45) is 5.92 Å². The number of carbonyl (C=O) groups excluding carboxylic acids is 2. The Labute approximate surface area is 109 Å². The summed E-state index contributed by atoms with van der Waals surface area (Å²) in [7, 11) is 0. The molecule has 18 heavy (non-hydrogen) atoms. The molecule has 102 valence electrons. The van der Waals surface area contributed by atoms with Crippen LogP contribution in [-0.2, 0) is 9.59 Å². The van der Waals surface area contributed by atoms with Crippen molar-refractivity contribution in [3.63, 3.8) is 0 Å². The lowest BCUT2D eigenvalue weighted by molar-refractivity contribution is -0.160. The highest BCUT2D eigenvalue weighted by molar-refractivity contribution is 6.01.